The number of hydrogen-bond acceptors (Lipinski definition) is 5. The third-order valence-electron chi connectivity index (χ3n) is 4.10. The molecule has 4 rings (SSSR count). The van der Waals surface area contributed by atoms with Gasteiger partial charge in [0, 0.05) is 24.4 Å². The average Bonchev–Trinajstić information content (AvgIpc) is 3.03. The summed E-state index contributed by atoms with van der Waals surface area (Å²) in [6.45, 7) is 0. The Morgan fingerprint density at radius 2 is 1.92 bits per heavy atom. The van der Waals surface area contributed by atoms with Crippen molar-refractivity contribution in [2.24, 2.45) is 0 Å². The maximum absolute atomic E-state index is 5.87. The van der Waals surface area contributed by atoms with Gasteiger partial charge in [-0.25, -0.2) is 0 Å². The molecule has 0 saturated heterocycles. The van der Waals surface area contributed by atoms with Gasteiger partial charge in [-0.3, -0.25) is 4.98 Å². The highest BCUT2D eigenvalue weighted by molar-refractivity contribution is 5.88. The SMILES string of the molecule is COc1nc2nc(N)[nH]c2c(Cc2ccccc2)c1-c1cccnc1. The van der Waals surface area contributed by atoms with E-state index in [1.807, 2.05) is 30.3 Å². The summed E-state index contributed by atoms with van der Waals surface area (Å²) in [6, 6.07) is 14.1. The zero-order valence-corrected chi connectivity index (χ0v) is 13.7. The molecule has 0 fully saturated rings. The fourth-order valence-electron chi connectivity index (χ4n) is 3.01. The minimum absolute atomic E-state index is 0.335. The second-order valence-electron chi connectivity index (χ2n) is 5.70. The normalized spacial score (nSPS) is 10.9. The molecule has 0 spiro atoms. The number of ether oxygens (including phenoxy) is 1. The van der Waals surface area contributed by atoms with E-state index in [2.05, 4.69) is 32.1 Å². The monoisotopic (exact) mass is 331 g/mol. The number of nitrogens with two attached hydrogens (primary N) is 1. The topological polar surface area (TPSA) is 89.7 Å². The summed E-state index contributed by atoms with van der Waals surface area (Å²) in [6.07, 6.45) is 4.24. The van der Waals surface area contributed by atoms with Crippen molar-refractivity contribution < 1.29 is 4.74 Å². The standard InChI is InChI=1S/C19H17N5O/c1-25-18-15(13-8-5-9-21-11-13)14(10-12-6-3-2-4-7-12)16-17(23-18)24-19(20)22-16/h2-9,11H,10H2,1H3,(H3,20,22,23,24). The Morgan fingerprint density at radius 3 is 2.64 bits per heavy atom. The minimum Gasteiger partial charge on any atom is -0.480 e. The van der Waals surface area contributed by atoms with Crippen LogP contribution in [0, 0.1) is 0 Å². The molecule has 0 unspecified atom stereocenters. The molecule has 6 nitrogen and oxygen atoms in total. The van der Waals surface area contributed by atoms with Crippen LogP contribution in [-0.2, 0) is 6.42 Å². The Morgan fingerprint density at radius 1 is 1.08 bits per heavy atom. The van der Waals surface area contributed by atoms with Gasteiger partial charge in [-0.15, -0.1) is 0 Å². The van der Waals surface area contributed by atoms with Gasteiger partial charge in [0.2, 0.25) is 5.88 Å². The molecule has 124 valence electrons. The van der Waals surface area contributed by atoms with Crippen molar-refractivity contribution >= 4 is 17.1 Å². The number of methoxy groups -OCH3 is 1. The number of hydrogen-bond donors (Lipinski definition) is 2. The molecule has 3 aromatic heterocycles. The number of H-pyrrole nitrogens is 1. The first kappa shape index (κ1) is 15.1. The van der Waals surface area contributed by atoms with Crippen LogP contribution in [0.3, 0.4) is 0 Å². The van der Waals surface area contributed by atoms with Gasteiger partial charge in [0.1, 0.15) is 0 Å². The van der Waals surface area contributed by atoms with Gasteiger partial charge in [0.15, 0.2) is 11.6 Å². The van der Waals surface area contributed by atoms with Gasteiger partial charge >= 0.3 is 0 Å². The smallest absolute Gasteiger partial charge is 0.223 e. The Kier molecular flexibility index (Phi) is 3.78. The van der Waals surface area contributed by atoms with Crippen LogP contribution in [0.15, 0.2) is 54.9 Å². The number of nitrogens with one attached hydrogen (secondary N) is 1. The Bertz CT molecular complexity index is 1010. The first-order chi connectivity index (χ1) is 12.3. The van der Waals surface area contributed by atoms with Crippen molar-refractivity contribution in [3.8, 4) is 17.0 Å². The molecule has 0 atom stereocenters. The summed E-state index contributed by atoms with van der Waals surface area (Å²) < 4.78 is 5.56. The molecule has 0 aliphatic carbocycles. The molecule has 0 radical (unpaired) electrons. The van der Waals surface area contributed by atoms with Gasteiger partial charge in [-0.1, -0.05) is 36.4 Å². The lowest BCUT2D eigenvalue weighted by molar-refractivity contribution is 0.401. The van der Waals surface area contributed by atoms with E-state index < -0.39 is 0 Å². The van der Waals surface area contributed by atoms with Crippen LogP contribution in [0.2, 0.25) is 0 Å². The molecule has 0 aliphatic rings. The second-order valence-corrected chi connectivity index (χ2v) is 5.70. The molecule has 25 heavy (non-hydrogen) atoms. The summed E-state index contributed by atoms with van der Waals surface area (Å²) in [5.41, 5.74) is 11.3. The number of fused-ring (bicyclic) bond motifs is 1. The fraction of sp³-hybridized carbons (Fsp3) is 0.105. The van der Waals surface area contributed by atoms with Crippen LogP contribution in [0.1, 0.15) is 11.1 Å². The summed E-state index contributed by atoms with van der Waals surface area (Å²) in [4.78, 5) is 16.2. The first-order valence-electron chi connectivity index (χ1n) is 7.92. The fourth-order valence-corrected chi connectivity index (χ4v) is 3.01. The van der Waals surface area contributed by atoms with E-state index in [0.717, 1.165) is 22.2 Å². The van der Waals surface area contributed by atoms with E-state index in [9.17, 15) is 0 Å². The molecule has 0 aliphatic heterocycles. The number of benzene rings is 1. The maximum Gasteiger partial charge on any atom is 0.223 e. The van der Waals surface area contributed by atoms with E-state index in [0.29, 0.717) is 23.9 Å². The lowest BCUT2D eigenvalue weighted by atomic mass is 9.96. The number of nitrogen functional groups attached to an aromatic ring is 1. The lowest BCUT2D eigenvalue weighted by Gasteiger charge is -2.14. The van der Waals surface area contributed by atoms with Crippen molar-refractivity contribution in [2.45, 2.75) is 6.42 Å². The first-order valence-corrected chi connectivity index (χ1v) is 7.92. The Balaban J connectivity index is 2.01. The van der Waals surface area contributed by atoms with E-state index >= 15 is 0 Å². The van der Waals surface area contributed by atoms with Gasteiger partial charge in [-0.2, -0.15) is 9.97 Å². The summed E-state index contributed by atoms with van der Waals surface area (Å²) in [5, 5.41) is 0. The number of anilines is 1. The highest BCUT2D eigenvalue weighted by atomic mass is 16.5. The quantitative estimate of drug-likeness (QED) is 0.599. The molecule has 1 aromatic carbocycles. The number of rotatable bonds is 4. The van der Waals surface area contributed by atoms with Crippen molar-refractivity contribution in [3.63, 3.8) is 0 Å². The minimum atomic E-state index is 0.335. The van der Waals surface area contributed by atoms with E-state index in [1.54, 1.807) is 19.5 Å². The van der Waals surface area contributed by atoms with Crippen LogP contribution in [-0.4, -0.2) is 27.0 Å². The summed E-state index contributed by atoms with van der Waals surface area (Å²) in [7, 11) is 1.61. The predicted octanol–water partition coefficient (Wildman–Crippen LogP) is 3.20. The third-order valence-corrected chi connectivity index (χ3v) is 4.10. The third kappa shape index (κ3) is 2.78. The Hall–Kier alpha value is -3.41. The van der Waals surface area contributed by atoms with Crippen LogP contribution < -0.4 is 10.5 Å². The molecular formula is C19H17N5O. The summed E-state index contributed by atoms with van der Waals surface area (Å²) >= 11 is 0. The average molecular weight is 331 g/mol. The largest absolute Gasteiger partial charge is 0.480 e. The van der Waals surface area contributed by atoms with Crippen molar-refractivity contribution in [2.75, 3.05) is 12.8 Å². The van der Waals surface area contributed by atoms with Gasteiger partial charge < -0.3 is 15.5 Å². The Labute approximate surface area is 144 Å². The van der Waals surface area contributed by atoms with Crippen molar-refractivity contribution in [1.82, 2.24) is 19.9 Å². The molecule has 6 heteroatoms. The molecule has 0 amide bonds. The van der Waals surface area contributed by atoms with E-state index in [-0.39, 0.29) is 0 Å². The number of pyridine rings is 2. The second kappa shape index (κ2) is 6.24. The molecule has 0 bridgehead atoms. The maximum atomic E-state index is 5.87. The zero-order chi connectivity index (χ0) is 17.2. The number of aromatic amines is 1. The molecule has 3 N–H and O–H groups in total. The summed E-state index contributed by atoms with van der Waals surface area (Å²) in [5.74, 6) is 0.847. The van der Waals surface area contributed by atoms with Gasteiger partial charge in [0.25, 0.3) is 0 Å². The zero-order valence-electron chi connectivity index (χ0n) is 13.7. The van der Waals surface area contributed by atoms with Gasteiger partial charge in [-0.05, 0) is 17.2 Å². The van der Waals surface area contributed by atoms with Crippen molar-refractivity contribution in [3.05, 3.63) is 66.0 Å². The highest BCUT2D eigenvalue weighted by Crippen LogP contribution is 2.36. The number of aromatic nitrogens is 4. The molecule has 4 aromatic rings. The van der Waals surface area contributed by atoms with Crippen LogP contribution >= 0.6 is 0 Å². The van der Waals surface area contributed by atoms with E-state index in [4.69, 9.17) is 10.5 Å². The highest BCUT2D eigenvalue weighted by Gasteiger charge is 2.20. The van der Waals surface area contributed by atoms with E-state index in [1.165, 1.54) is 5.56 Å². The predicted molar refractivity (Wildman–Crippen MR) is 97.3 cm³/mol. The number of nitrogens with zero attached hydrogens (tertiary/aromatic N) is 3. The molecule has 0 saturated carbocycles. The molecule has 3 heterocycles. The van der Waals surface area contributed by atoms with Crippen LogP contribution in [0.25, 0.3) is 22.3 Å². The van der Waals surface area contributed by atoms with Gasteiger partial charge in [0.05, 0.1) is 18.2 Å². The van der Waals surface area contributed by atoms with Crippen LogP contribution in [0.5, 0.6) is 5.88 Å². The van der Waals surface area contributed by atoms with Crippen LogP contribution in [0.4, 0.5) is 5.95 Å². The number of imidazole rings is 1. The molecular weight excluding hydrogens is 314 g/mol. The van der Waals surface area contributed by atoms with Crippen molar-refractivity contribution in [1.29, 1.82) is 0 Å². The lowest BCUT2D eigenvalue weighted by Crippen LogP contribution is -2.01.